The van der Waals surface area contributed by atoms with Crippen molar-refractivity contribution in [1.29, 1.82) is 0 Å². The van der Waals surface area contributed by atoms with Gasteiger partial charge < -0.3 is 10.5 Å². The van der Waals surface area contributed by atoms with Crippen LogP contribution in [0.3, 0.4) is 0 Å². The van der Waals surface area contributed by atoms with Crippen LogP contribution in [-0.4, -0.2) is 21.9 Å². The summed E-state index contributed by atoms with van der Waals surface area (Å²) in [6.45, 7) is 2.67. The van der Waals surface area contributed by atoms with E-state index in [0.29, 0.717) is 24.3 Å². The molecule has 1 unspecified atom stereocenters. The number of benzene rings is 1. The topological polar surface area (TPSA) is 66.0 Å². The van der Waals surface area contributed by atoms with Crippen LogP contribution in [0.5, 0.6) is 5.75 Å². The van der Waals surface area contributed by atoms with Crippen molar-refractivity contribution >= 4 is 0 Å². The molecule has 0 bridgehead atoms. The zero-order valence-corrected chi connectivity index (χ0v) is 11.0. The Balaban J connectivity index is 2.27. The summed E-state index contributed by atoms with van der Waals surface area (Å²) in [6.07, 6.45) is 1.88. The van der Waals surface area contributed by atoms with E-state index in [4.69, 9.17) is 10.5 Å². The minimum Gasteiger partial charge on any atom is -0.496 e. The van der Waals surface area contributed by atoms with Crippen molar-refractivity contribution < 1.29 is 9.13 Å². The first-order valence-electron chi connectivity index (χ1n) is 6.12. The van der Waals surface area contributed by atoms with Crippen molar-refractivity contribution in [3.8, 4) is 5.75 Å². The largest absolute Gasteiger partial charge is 0.496 e. The van der Waals surface area contributed by atoms with Gasteiger partial charge in [-0.3, -0.25) is 4.68 Å². The Bertz CT molecular complexity index is 555. The standard InChI is InChI=1S/C13H17FN4O/c1-3-18-12(16-8-17-18)7-10(15)13-9(14)5-4-6-11(13)19-2/h4-6,8,10H,3,7,15H2,1-2H3. The molecule has 0 spiro atoms. The van der Waals surface area contributed by atoms with Gasteiger partial charge in [0, 0.05) is 24.6 Å². The van der Waals surface area contributed by atoms with Gasteiger partial charge in [-0.2, -0.15) is 5.10 Å². The van der Waals surface area contributed by atoms with Gasteiger partial charge in [0.25, 0.3) is 0 Å². The fourth-order valence-electron chi connectivity index (χ4n) is 2.06. The molecule has 0 aliphatic carbocycles. The zero-order chi connectivity index (χ0) is 13.8. The summed E-state index contributed by atoms with van der Waals surface area (Å²) in [5.74, 6) is 0.824. The predicted molar refractivity (Wildman–Crippen MR) is 69.3 cm³/mol. The Morgan fingerprint density at radius 3 is 2.95 bits per heavy atom. The van der Waals surface area contributed by atoms with Crippen molar-refractivity contribution in [2.24, 2.45) is 5.73 Å². The van der Waals surface area contributed by atoms with Crippen LogP contribution in [0, 0.1) is 5.82 Å². The molecule has 6 heteroatoms. The van der Waals surface area contributed by atoms with E-state index >= 15 is 0 Å². The fourth-order valence-corrected chi connectivity index (χ4v) is 2.06. The first kappa shape index (κ1) is 13.5. The number of hydrogen-bond donors (Lipinski definition) is 1. The van der Waals surface area contributed by atoms with E-state index in [1.54, 1.807) is 16.8 Å². The average Bonchev–Trinajstić information content (AvgIpc) is 2.85. The van der Waals surface area contributed by atoms with E-state index in [1.807, 2.05) is 6.92 Å². The van der Waals surface area contributed by atoms with E-state index in [0.717, 1.165) is 5.82 Å². The second-order valence-electron chi connectivity index (χ2n) is 4.16. The van der Waals surface area contributed by atoms with Crippen molar-refractivity contribution in [1.82, 2.24) is 14.8 Å². The highest BCUT2D eigenvalue weighted by molar-refractivity contribution is 5.37. The second kappa shape index (κ2) is 5.79. The van der Waals surface area contributed by atoms with Crippen LogP contribution in [0.25, 0.3) is 0 Å². The lowest BCUT2D eigenvalue weighted by atomic mass is 10.0. The first-order chi connectivity index (χ1) is 9.17. The molecule has 1 aromatic heterocycles. The number of aryl methyl sites for hydroxylation is 1. The van der Waals surface area contributed by atoms with Crippen LogP contribution in [0.1, 0.15) is 24.4 Å². The Hall–Kier alpha value is -1.95. The second-order valence-corrected chi connectivity index (χ2v) is 4.16. The molecule has 19 heavy (non-hydrogen) atoms. The SMILES string of the molecule is CCn1ncnc1CC(N)c1c(F)cccc1OC. The third-order valence-corrected chi connectivity index (χ3v) is 3.00. The number of hydrogen-bond acceptors (Lipinski definition) is 4. The normalized spacial score (nSPS) is 12.4. The summed E-state index contributed by atoms with van der Waals surface area (Å²) in [5.41, 5.74) is 6.46. The van der Waals surface area contributed by atoms with Crippen LogP contribution in [-0.2, 0) is 13.0 Å². The number of nitrogens with zero attached hydrogens (tertiary/aromatic N) is 3. The van der Waals surface area contributed by atoms with Crippen LogP contribution >= 0.6 is 0 Å². The summed E-state index contributed by atoms with van der Waals surface area (Å²) in [7, 11) is 1.50. The van der Waals surface area contributed by atoms with Crippen molar-refractivity contribution in [3.05, 3.63) is 41.7 Å². The number of nitrogens with two attached hydrogens (primary N) is 1. The lowest BCUT2D eigenvalue weighted by Crippen LogP contribution is -2.19. The van der Waals surface area contributed by atoms with Gasteiger partial charge in [-0.25, -0.2) is 9.37 Å². The Kier molecular flexibility index (Phi) is 4.11. The minimum absolute atomic E-state index is 0.366. The van der Waals surface area contributed by atoms with Crippen LogP contribution in [0.15, 0.2) is 24.5 Å². The smallest absolute Gasteiger partial charge is 0.138 e. The van der Waals surface area contributed by atoms with Crippen LogP contribution in [0.2, 0.25) is 0 Å². The summed E-state index contributed by atoms with van der Waals surface area (Å²) >= 11 is 0. The average molecular weight is 264 g/mol. The van der Waals surface area contributed by atoms with Gasteiger partial charge in [0.1, 0.15) is 23.7 Å². The predicted octanol–water partition coefficient (Wildman–Crippen LogP) is 1.69. The molecule has 0 aliphatic rings. The van der Waals surface area contributed by atoms with Gasteiger partial charge in [-0.05, 0) is 19.1 Å². The van der Waals surface area contributed by atoms with Gasteiger partial charge in [-0.1, -0.05) is 6.07 Å². The summed E-state index contributed by atoms with van der Waals surface area (Å²) in [5, 5.41) is 4.07. The molecule has 0 amide bonds. The maximum Gasteiger partial charge on any atom is 0.138 e. The summed E-state index contributed by atoms with van der Waals surface area (Å²) in [4.78, 5) is 4.15. The number of ether oxygens (including phenoxy) is 1. The van der Waals surface area contributed by atoms with Gasteiger partial charge in [0.05, 0.1) is 7.11 Å². The van der Waals surface area contributed by atoms with Crippen LogP contribution in [0.4, 0.5) is 4.39 Å². The molecular formula is C13H17FN4O. The molecule has 1 aromatic carbocycles. The molecule has 0 radical (unpaired) electrons. The maximum absolute atomic E-state index is 13.9. The Labute approximate surface area is 111 Å². The lowest BCUT2D eigenvalue weighted by molar-refractivity contribution is 0.397. The molecule has 0 fully saturated rings. The van der Waals surface area contributed by atoms with Gasteiger partial charge in [0.2, 0.25) is 0 Å². The maximum atomic E-state index is 13.9. The van der Waals surface area contributed by atoms with Gasteiger partial charge in [-0.15, -0.1) is 0 Å². The molecule has 2 aromatic rings. The molecule has 5 nitrogen and oxygen atoms in total. The first-order valence-corrected chi connectivity index (χ1v) is 6.12. The Morgan fingerprint density at radius 2 is 2.26 bits per heavy atom. The molecule has 102 valence electrons. The molecule has 1 atom stereocenters. The number of rotatable bonds is 5. The molecular weight excluding hydrogens is 247 g/mol. The Morgan fingerprint density at radius 1 is 1.47 bits per heavy atom. The van der Waals surface area contributed by atoms with E-state index < -0.39 is 6.04 Å². The number of aromatic nitrogens is 3. The van der Waals surface area contributed by atoms with Gasteiger partial charge >= 0.3 is 0 Å². The number of halogens is 1. The molecule has 0 saturated heterocycles. The van der Waals surface area contributed by atoms with Crippen molar-refractivity contribution in [2.45, 2.75) is 25.9 Å². The van der Waals surface area contributed by atoms with Crippen molar-refractivity contribution in [3.63, 3.8) is 0 Å². The highest BCUT2D eigenvalue weighted by Crippen LogP contribution is 2.28. The fraction of sp³-hybridized carbons (Fsp3) is 0.385. The highest BCUT2D eigenvalue weighted by Gasteiger charge is 2.19. The summed E-state index contributed by atoms with van der Waals surface area (Å²) in [6, 6.07) is 4.15. The van der Waals surface area contributed by atoms with E-state index in [-0.39, 0.29) is 5.82 Å². The molecule has 2 N–H and O–H groups in total. The molecule has 0 saturated carbocycles. The summed E-state index contributed by atoms with van der Waals surface area (Å²) < 4.78 is 20.8. The highest BCUT2D eigenvalue weighted by atomic mass is 19.1. The van der Waals surface area contributed by atoms with Crippen LogP contribution < -0.4 is 10.5 Å². The van der Waals surface area contributed by atoms with Gasteiger partial charge in [0.15, 0.2) is 0 Å². The number of methoxy groups -OCH3 is 1. The zero-order valence-electron chi connectivity index (χ0n) is 11.0. The van der Waals surface area contributed by atoms with E-state index in [1.165, 1.54) is 19.5 Å². The monoisotopic (exact) mass is 264 g/mol. The quantitative estimate of drug-likeness (QED) is 0.892. The van der Waals surface area contributed by atoms with E-state index in [9.17, 15) is 4.39 Å². The molecule has 1 heterocycles. The molecule has 2 rings (SSSR count). The third-order valence-electron chi connectivity index (χ3n) is 3.00. The molecule has 0 aliphatic heterocycles. The minimum atomic E-state index is -0.523. The van der Waals surface area contributed by atoms with E-state index in [2.05, 4.69) is 10.1 Å². The lowest BCUT2D eigenvalue weighted by Gasteiger charge is -2.16. The van der Waals surface area contributed by atoms with Crippen molar-refractivity contribution in [2.75, 3.05) is 7.11 Å². The third kappa shape index (κ3) is 2.73.